The van der Waals surface area contributed by atoms with E-state index < -0.39 is 15.8 Å². The van der Waals surface area contributed by atoms with Crippen LogP contribution in [-0.2, 0) is 27.8 Å². The molecule has 1 N–H and O–H groups in total. The van der Waals surface area contributed by atoms with Gasteiger partial charge in [-0.15, -0.1) is 11.3 Å². The third-order valence-electron chi connectivity index (χ3n) is 8.99. The second kappa shape index (κ2) is 11.4. The molecule has 8 nitrogen and oxygen atoms in total. The van der Waals surface area contributed by atoms with Crippen molar-refractivity contribution in [3.05, 3.63) is 64.0 Å². The summed E-state index contributed by atoms with van der Waals surface area (Å²) in [5, 5.41) is 12.7. The number of ether oxygens (including phenoxy) is 1. The van der Waals surface area contributed by atoms with Crippen molar-refractivity contribution >= 4 is 32.3 Å². The average Bonchev–Trinajstić information content (AvgIpc) is 3.53. The Morgan fingerprint density at radius 3 is 2.49 bits per heavy atom. The topological polar surface area (TPSA) is 100 Å². The first-order chi connectivity index (χ1) is 19.7. The van der Waals surface area contributed by atoms with Crippen molar-refractivity contribution in [3.8, 4) is 17.0 Å². The Balaban J connectivity index is 1.13. The van der Waals surface area contributed by atoms with E-state index in [1.807, 2.05) is 6.07 Å². The van der Waals surface area contributed by atoms with Crippen LogP contribution < -0.4 is 9.64 Å². The fourth-order valence-electron chi connectivity index (χ4n) is 6.70. The number of anilines is 1. The maximum atomic E-state index is 11.8. The standard InChI is InChI=1S/C31H37N3O5S2/c1-20-4-3-5-26(27-19-40-31(32-27)34-16-23-8-9-24(17-34)28(23)30(35)36)29(20)39-18-25-7-6-22(14-21(25)2)15-33-10-12-41(37,38)13-11-33/h3-7,14,19,23-24,28H,8-13,15-18H2,1-2H3,(H,35,36)/t23-,24+,28+. The highest BCUT2D eigenvalue weighted by Gasteiger charge is 2.46. The van der Waals surface area contributed by atoms with Crippen LogP contribution in [0.1, 0.15) is 35.1 Å². The molecule has 2 aliphatic heterocycles. The SMILES string of the molecule is Cc1cc(CN2CCS(=O)(=O)CC2)ccc1COc1c(C)cccc1-c1csc(N2C[C@H]3CC[C@@H](C2)[C@H]3C(=O)O)n1. The minimum Gasteiger partial charge on any atom is -0.488 e. The molecule has 218 valence electrons. The first-order valence-corrected chi connectivity index (χ1v) is 17.0. The summed E-state index contributed by atoms with van der Waals surface area (Å²) in [4.78, 5) is 21.2. The van der Waals surface area contributed by atoms with Gasteiger partial charge in [0.15, 0.2) is 15.0 Å². The van der Waals surface area contributed by atoms with Gasteiger partial charge in [0.25, 0.3) is 0 Å². The normalized spacial score (nSPS) is 24.0. The Bertz CT molecular complexity index is 1520. The van der Waals surface area contributed by atoms with Crippen molar-refractivity contribution in [2.24, 2.45) is 17.8 Å². The zero-order valence-electron chi connectivity index (χ0n) is 23.6. The Morgan fingerprint density at radius 1 is 1.07 bits per heavy atom. The molecule has 3 fully saturated rings. The predicted octanol–water partition coefficient (Wildman–Crippen LogP) is 4.78. The third-order valence-corrected chi connectivity index (χ3v) is 11.5. The molecular formula is C31H37N3O5S2. The number of hydrogen-bond donors (Lipinski definition) is 1. The van der Waals surface area contributed by atoms with Gasteiger partial charge in [0.2, 0.25) is 0 Å². The number of aromatic nitrogens is 1. The minimum atomic E-state index is -2.88. The van der Waals surface area contributed by atoms with E-state index in [-0.39, 0.29) is 29.3 Å². The summed E-state index contributed by atoms with van der Waals surface area (Å²) in [6.45, 7) is 8.01. The molecule has 2 bridgehead atoms. The van der Waals surface area contributed by atoms with E-state index in [1.54, 1.807) is 11.3 Å². The highest BCUT2D eigenvalue weighted by molar-refractivity contribution is 7.91. The van der Waals surface area contributed by atoms with Crippen LogP contribution in [0, 0.1) is 31.6 Å². The number of carboxylic acids is 1. The molecule has 0 spiro atoms. The van der Waals surface area contributed by atoms with E-state index in [9.17, 15) is 18.3 Å². The highest BCUT2D eigenvalue weighted by Crippen LogP contribution is 2.44. The Labute approximate surface area is 245 Å². The van der Waals surface area contributed by atoms with E-state index in [0.717, 1.165) is 71.3 Å². The molecule has 2 aromatic carbocycles. The van der Waals surface area contributed by atoms with Gasteiger partial charge in [-0.05, 0) is 66.8 Å². The smallest absolute Gasteiger partial charge is 0.307 e. The van der Waals surface area contributed by atoms with Gasteiger partial charge in [-0.3, -0.25) is 9.69 Å². The number of rotatable bonds is 8. The Hall–Kier alpha value is -2.95. The van der Waals surface area contributed by atoms with E-state index in [2.05, 4.69) is 59.4 Å². The molecule has 1 aromatic heterocycles. The summed E-state index contributed by atoms with van der Waals surface area (Å²) < 4.78 is 29.9. The number of benzene rings is 2. The maximum Gasteiger partial charge on any atom is 0.307 e. The van der Waals surface area contributed by atoms with Gasteiger partial charge in [0.1, 0.15) is 12.4 Å². The van der Waals surface area contributed by atoms with Gasteiger partial charge in [-0.25, -0.2) is 13.4 Å². The van der Waals surface area contributed by atoms with E-state index in [0.29, 0.717) is 19.7 Å². The number of aliphatic carboxylic acids is 1. The molecule has 41 heavy (non-hydrogen) atoms. The van der Waals surface area contributed by atoms with Crippen LogP contribution in [0.4, 0.5) is 5.13 Å². The lowest BCUT2D eigenvalue weighted by atomic mass is 9.85. The zero-order valence-corrected chi connectivity index (χ0v) is 25.2. The van der Waals surface area contributed by atoms with Crippen LogP contribution in [0.25, 0.3) is 11.3 Å². The quantitative estimate of drug-likeness (QED) is 0.397. The van der Waals surface area contributed by atoms with Crippen LogP contribution in [0.5, 0.6) is 5.75 Å². The number of carbonyl (C=O) groups is 1. The summed E-state index contributed by atoms with van der Waals surface area (Å²) in [5.74, 6) is 0.825. The molecule has 3 aromatic rings. The van der Waals surface area contributed by atoms with E-state index >= 15 is 0 Å². The number of hydrogen-bond acceptors (Lipinski definition) is 8. The van der Waals surface area contributed by atoms with E-state index in [4.69, 9.17) is 9.72 Å². The second-order valence-electron chi connectivity index (χ2n) is 11.8. The third kappa shape index (κ3) is 6.01. The molecule has 0 radical (unpaired) electrons. The molecule has 3 heterocycles. The van der Waals surface area contributed by atoms with Crippen molar-refractivity contribution < 1.29 is 23.1 Å². The highest BCUT2D eigenvalue weighted by atomic mass is 32.2. The van der Waals surface area contributed by atoms with Crippen molar-refractivity contribution in [1.82, 2.24) is 9.88 Å². The number of para-hydroxylation sites is 1. The second-order valence-corrected chi connectivity index (χ2v) is 15.0. The van der Waals surface area contributed by atoms with Gasteiger partial charge in [-0.1, -0.05) is 30.3 Å². The van der Waals surface area contributed by atoms with Gasteiger partial charge in [0, 0.05) is 43.7 Å². The first-order valence-electron chi connectivity index (χ1n) is 14.3. The first kappa shape index (κ1) is 28.2. The fourth-order valence-corrected chi connectivity index (χ4v) is 8.82. The number of piperidine rings is 1. The summed E-state index contributed by atoms with van der Waals surface area (Å²) in [7, 11) is -2.88. The summed E-state index contributed by atoms with van der Waals surface area (Å²) in [6, 6.07) is 12.5. The zero-order chi connectivity index (χ0) is 28.7. The van der Waals surface area contributed by atoms with Gasteiger partial charge in [-0.2, -0.15) is 0 Å². The van der Waals surface area contributed by atoms with Gasteiger partial charge in [0.05, 0.1) is 23.1 Å². The lowest BCUT2D eigenvalue weighted by molar-refractivity contribution is -0.144. The molecule has 6 rings (SSSR count). The Morgan fingerprint density at radius 2 is 1.80 bits per heavy atom. The summed E-state index contributed by atoms with van der Waals surface area (Å²) >= 11 is 1.61. The molecule has 2 saturated heterocycles. The number of aryl methyl sites for hydroxylation is 2. The average molecular weight is 596 g/mol. The van der Waals surface area contributed by atoms with Gasteiger partial charge >= 0.3 is 5.97 Å². The number of thiazole rings is 1. The molecule has 0 amide bonds. The lowest BCUT2D eigenvalue weighted by Gasteiger charge is -2.35. The molecule has 0 unspecified atom stereocenters. The monoisotopic (exact) mass is 595 g/mol. The van der Waals surface area contributed by atoms with Crippen LogP contribution in [0.3, 0.4) is 0 Å². The van der Waals surface area contributed by atoms with Crippen molar-refractivity contribution in [3.63, 3.8) is 0 Å². The van der Waals surface area contributed by atoms with Crippen LogP contribution in [0.15, 0.2) is 41.8 Å². The molecule has 3 aliphatic rings. The summed E-state index contributed by atoms with van der Waals surface area (Å²) in [6.07, 6.45) is 1.96. The number of carboxylic acid groups (broad SMARTS) is 1. The van der Waals surface area contributed by atoms with Crippen LogP contribution in [-0.4, -0.2) is 67.1 Å². The molecule has 10 heteroatoms. The Kier molecular flexibility index (Phi) is 7.82. The number of nitrogens with zero attached hydrogens (tertiary/aromatic N) is 3. The van der Waals surface area contributed by atoms with Crippen LogP contribution >= 0.6 is 11.3 Å². The van der Waals surface area contributed by atoms with Crippen LogP contribution in [0.2, 0.25) is 0 Å². The van der Waals surface area contributed by atoms with Crippen molar-refractivity contribution in [2.45, 2.75) is 39.8 Å². The van der Waals surface area contributed by atoms with Crippen molar-refractivity contribution in [2.75, 3.05) is 42.6 Å². The molecule has 1 aliphatic carbocycles. The van der Waals surface area contributed by atoms with Gasteiger partial charge < -0.3 is 14.7 Å². The molecule has 1 saturated carbocycles. The van der Waals surface area contributed by atoms with Crippen molar-refractivity contribution in [1.29, 1.82) is 0 Å². The largest absolute Gasteiger partial charge is 0.488 e. The minimum absolute atomic E-state index is 0.196. The lowest BCUT2D eigenvalue weighted by Crippen LogP contribution is -2.44. The summed E-state index contributed by atoms with van der Waals surface area (Å²) in [5.41, 5.74) is 6.33. The number of fused-ring (bicyclic) bond motifs is 2. The number of sulfone groups is 1. The predicted molar refractivity (Wildman–Crippen MR) is 161 cm³/mol. The van der Waals surface area contributed by atoms with E-state index in [1.165, 1.54) is 5.56 Å². The molecular weight excluding hydrogens is 558 g/mol. The maximum absolute atomic E-state index is 11.8. The molecule has 3 atom stereocenters. The fraction of sp³-hybridized carbons (Fsp3) is 0.484.